The van der Waals surface area contributed by atoms with Crippen LogP contribution < -0.4 is 10.1 Å². The van der Waals surface area contributed by atoms with Crippen molar-refractivity contribution in [3.63, 3.8) is 0 Å². The number of hydrogen-bond donors (Lipinski definition) is 1. The van der Waals surface area contributed by atoms with Crippen molar-refractivity contribution in [3.8, 4) is 16.9 Å². The summed E-state index contributed by atoms with van der Waals surface area (Å²) in [6.07, 6.45) is 2.24. The minimum absolute atomic E-state index is 0.0182. The third-order valence-electron chi connectivity index (χ3n) is 3.95. The average Bonchev–Trinajstić information content (AvgIpc) is 3.13. The molecule has 0 spiro atoms. The van der Waals surface area contributed by atoms with E-state index in [1.54, 1.807) is 0 Å². The summed E-state index contributed by atoms with van der Waals surface area (Å²) in [5.74, 6) is 0.561. The zero-order valence-corrected chi connectivity index (χ0v) is 14.9. The van der Waals surface area contributed by atoms with Crippen LogP contribution in [0.15, 0.2) is 53.0 Å². The van der Waals surface area contributed by atoms with Crippen molar-refractivity contribution in [2.24, 2.45) is 0 Å². The maximum Gasteiger partial charge on any atom is 0.258 e. The molecule has 5 heteroatoms. The summed E-state index contributed by atoms with van der Waals surface area (Å²) in [5.41, 5.74) is 2.25. The first-order chi connectivity index (χ1) is 11.7. The molecule has 0 aliphatic carbocycles. The largest absolute Gasteiger partial charge is 0.484 e. The van der Waals surface area contributed by atoms with E-state index in [-0.39, 0.29) is 18.6 Å². The fraction of sp³-hybridized carbons (Fsp3) is 0.316. The third-order valence-corrected chi connectivity index (χ3v) is 4.48. The van der Waals surface area contributed by atoms with Crippen LogP contribution in [0, 0.1) is 0 Å². The molecule has 24 heavy (non-hydrogen) atoms. The number of halogens is 1. The fourth-order valence-corrected chi connectivity index (χ4v) is 2.88. The maximum absolute atomic E-state index is 11.8. The van der Waals surface area contributed by atoms with Crippen molar-refractivity contribution in [3.05, 3.63) is 53.0 Å². The van der Waals surface area contributed by atoms with E-state index in [9.17, 15) is 4.79 Å². The molecule has 4 nitrogen and oxygen atoms in total. The highest BCUT2D eigenvalue weighted by atomic mass is 79.9. The summed E-state index contributed by atoms with van der Waals surface area (Å²) >= 11 is 3.43. The molecule has 2 aromatic rings. The van der Waals surface area contributed by atoms with E-state index in [1.165, 1.54) is 0 Å². The third kappa shape index (κ3) is 4.82. The molecule has 0 radical (unpaired) electrons. The van der Waals surface area contributed by atoms with Crippen molar-refractivity contribution < 1.29 is 14.3 Å². The van der Waals surface area contributed by atoms with Gasteiger partial charge in [-0.05, 0) is 48.2 Å². The van der Waals surface area contributed by atoms with Crippen molar-refractivity contribution in [2.75, 3.05) is 19.8 Å². The van der Waals surface area contributed by atoms with E-state index in [0.717, 1.165) is 35.0 Å². The normalized spacial score (nSPS) is 16.8. The van der Waals surface area contributed by atoms with Gasteiger partial charge in [-0.2, -0.15) is 0 Å². The Morgan fingerprint density at radius 1 is 1.12 bits per heavy atom. The lowest BCUT2D eigenvalue weighted by Crippen LogP contribution is -2.35. The molecule has 1 N–H and O–H groups in total. The lowest BCUT2D eigenvalue weighted by molar-refractivity contribution is -0.123. The molecule has 1 atom stereocenters. The highest BCUT2D eigenvalue weighted by Gasteiger charge is 2.16. The lowest BCUT2D eigenvalue weighted by Gasteiger charge is -2.11. The van der Waals surface area contributed by atoms with Crippen molar-refractivity contribution >= 4 is 21.8 Å². The number of carbonyl (C=O) groups is 1. The Morgan fingerprint density at radius 3 is 2.42 bits per heavy atom. The molecule has 1 saturated heterocycles. The molecule has 1 amide bonds. The molecule has 1 aliphatic heterocycles. The minimum atomic E-state index is -0.123. The van der Waals surface area contributed by atoms with Gasteiger partial charge in [-0.25, -0.2) is 0 Å². The van der Waals surface area contributed by atoms with Gasteiger partial charge in [0.25, 0.3) is 5.91 Å². The molecule has 3 rings (SSSR count). The van der Waals surface area contributed by atoms with Crippen molar-refractivity contribution in [1.29, 1.82) is 0 Å². The Bertz CT molecular complexity index is 664. The van der Waals surface area contributed by atoms with Crippen LogP contribution >= 0.6 is 15.9 Å². The molecule has 1 aliphatic rings. The number of rotatable bonds is 6. The first-order valence-electron chi connectivity index (χ1n) is 8.08. The van der Waals surface area contributed by atoms with E-state index in [2.05, 4.69) is 33.4 Å². The van der Waals surface area contributed by atoms with Gasteiger partial charge in [-0.1, -0.05) is 40.2 Å². The van der Waals surface area contributed by atoms with Crippen LogP contribution in [0.3, 0.4) is 0 Å². The van der Waals surface area contributed by atoms with Gasteiger partial charge in [-0.3, -0.25) is 4.79 Å². The highest BCUT2D eigenvalue weighted by Crippen LogP contribution is 2.24. The predicted octanol–water partition coefficient (Wildman–Crippen LogP) is 3.79. The molecule has 0 aromatic heterocycles. The lowest BCUT2D eigenvalue weighted by atomic mass is 10.1. The van der Waals surface area contributed by atoms with Gasteiger partial charge in [0.1, 0.15) is 5.75 Å². The van der Waals surface area contributed by atoms with Gasteiger partial charge < -0.3 is 14.8 Å². The molecule has 126 valence electrons. The number of ether oxygens (including phenoxy) is 2. The Kier molecular flexibility index (Phi) is 5.88. The molecule has 2 aromatic carbocycles. The molecule has 1 fully saturated rings. The number of carbonyl (C=O) groups excluding carboxylic acids is 1. The van der Waals surface area contributed by atoms with Gasteiger partial charge in [-0.15, -0.1) is 0 Å². The minimum Gasteiger partial charge on any atom is -0.484 e. The highest BCUT2D eigenvalue weighted by molar-refractivity contribution is 9.10. The van der Waals surface area contributed by atoms with Crippen LogP contribution in [0.25, 0.3) is 11.1 Å². The van der Waals surface area contributed by atoms with E-state index in [0.29, 0.717) is 12.3 Å². The summed E-state index contributed by atoms with van der Waals surface area (Å²) in [4.78, 5) is 11.8. The second-order valence-electron chi connectivity index (χ2n) is 5.76. The molecule has 0 unspecified atom stereocenters. The van der Waals surface area contributed by atoms with Crippen LogP contribution in [0.4, 0.5) is 0 Å². The standard InChI is InChI=1S/C19H20BrNO3/c20-16-7-3-14(4-8-16)15-5-9-17(10-6-15)24-13-19(22)21-12-18-2-1-11-23-18/h3-10,18H,1-2,11-13H2,(H,21,22)/t18-/m1/s1. The smallest absolute Gasteiger partial charge is 0.258 e. The quantitative estimate of drug-likeness (QED) is 0.817. The van der Waals surface area contributed by atoms with Crippen LogP contribution in [0.2, 0.25) is 0 Å². The molecular weight excluding hydrogens is 370 g/mol. The molecular formula is C19H20BrNO3. The summed E-state index contributed by atoms with van der Waals surface area (Å²) in [6.45, 7) is 1.37. The Balaban J connectivity index is 1.47. The Morgan fingerprint density at radius 2 is 1.79 bits per heavy atom. The van der Waals surface area contributed by atoms with Gasteiger partial charge in [0, 0.05) is 17.6 Å². The van der Waals surface area contributed by atoms with Gasteiger partial charge >= 0.3 is 0 Å². The van der Waals surface area contributed by atoms with Crippen molar-refractivity contribution in [2.45, 2.75) is 18.9 Å². The summed E-state index contributed by atoms with van der Waals surface area (Å²) in [6, 6.07) is 15.9. The number of amides is 1. The zero-order valence-electron chi connectivity index (χ0n) is 13.3. The number of nitrogens with one attached hydrogen (secondary N) is 1. The maximum atomic E-state index is 11.8. The number of benzene rings is 2. The zero-order chi connectivity index (χ0) is 16.8. The monoisotopic (exact) mass is 389 g/mol. The van der Waals surface area contributed by atoms with Crippen LogP contribution in [-0.2, 0) is 9.53 Å². The Labute approximate surface area is 150 Å². The predicted molar refractivity (Wildman–Crippen MR) is 97.1 cm³/mol. The van der Waals surface area contributed by atoms with Gasteiger partial charge in [0.2, 0.25) is 0 Å². The van der Waals surface area contributed by atoms with Crippen molar-refractivity contribution in [1.82, 2.24) is 5.32 Å². The number of hydrogen-bond acceptors (Lipinski definition) is 3. The molecule has 0 saturated carbocycles. The van der Waals surface area contributed by atoms with E-state index >= 15 is 0 Å². The molecule has 1 heterocycles. The first kappa shape index (κ1) is 17.0. The first-order valence-corrected chi connectivity index (χ1v) is 8.87. The SMILES string of the molecule is O=C(COc1ccc(-c2ccc(Br)cc2)cc1)NC[C@H]1CCCO1. The van der Waals surface area contributed by atoms with Gasteiger partial charge in [0.15, 0.2) is 6.61 Å². The van der Waals surface area contributed by atoms with E-state index in [4.69, 9.17) is 9.47 Å². The summed E-state index contributed by atoms with van der Waals surface area (Å²) in [7, 11) is 0. The van der Waals surface area contributed by atoms with Gasteiger partial charge in [0.05, 0.1) is 6.10 Å². The topological polar surface area (TPSA) is 47.6 Å². The average molecular weight is 390 g/mol. The molecule has 0 bridgehead atoms. The van der Waals surface area contributed by atoms with Crippen LogP contribution in [0.5, 0.6) is 5.75 Å². The summed E-state index contributed by atoms with van der Waals surface area (Å²) < 4.78 is 12.1. The fourth-order valence-electron chi connectivity index (χ4n) is 2.62. The summed E-state index contributed by atoms with van der Waals surface area (Å²) in [5, 5.41) is 2.84. The van der Waals surface area contributed by atoms with E-state index < -0.39 is 0 Å². The van der Waals surface area contributed by atoms with Crippen LogP contribution in [-0.4, -0.2) is 31.8 Å². The Hall–Kier alpha value is -1.85. The second kappa shape index (κ2) is 8.31. The van der Waals surface area contributed by atoms with E-state index in [1.807, 2.05) is 36.4 Å². The second-order valence-corrected chi connectivity index (χ2v) is 6.67. The van der Waals surface area contributed by atoms with Crippen LogP contribution in [0.1, 0.15) is 12.8 Å².